The maximum Gasteiger partial charge on any atom is 0.328 e. The zero-order chi connectivity index (χ0) is 36.8. The topological polar surface area (TPSA) is 104 Å². The lowest BCUT2D eigenvalue weighted by Crippen LogP contribution is -2.49. The number of hydrogen-bond donors (Lipinski definition) is 2. The molecule has 278 valence electrons. The number of fused-ring (bicyclic) bond motifs is 2. The molecule has 2 aromatic heterocycles. The summed E-state index contributed by atoms with van der Waals surface area (Å²) in [5, 5.41) is 14.2. The Bertz CT molecular complexity index is 2210. The molecule has 10 nitrogen and oxygen atoms in total. The molecule has 54 heavy (non-hydrogen) atoms. The summed E-state index contributed by atoms with van der Waals surface area (Å²) in [6.07, 6.45) is 11.4. The molecule has 0 unspecified atom stereocenters. The molecule has 5 aromatic rings. The van der Waals surface area contributed by atoms with Gasteiger partial charge in [-0.1, -0.05) is 24.3 Å². The van der Waals surface area contributed by atoms with Crippen molar-refractivity contribution in [2.75, 3.05) is 67.1 Å². The number of anilines is 3. The Balaban J connectivity index is 0.744. The summed E-state index contributed by atoms with van der Waals surface area (Å²) in [4.78, 5) is 37.1. The molecule has 0 aliphatic carbocycles. The maximum atomic E-state index is 12.6. The minimum atomic E-state index is -0.331. The minimum absolute atomic E-state index is 0.206. The number of H-pyrrole nitrogens is 1. The largest absolute Gasteiger partial charge is 0.372 e. The quantitative estimate of drug-likeness (QED) is 0.179. The van der Waals surface area contributed by atoms with Gasteiger partial charge in [0.1, 0.15) is 6.07 Å². The molecule has 0 spiro atoms. The van der Waals surface area contributed by atoms with Gasteiger partial charge in [0, 0.05) is 93.7 Å². The number of imide groups is 1. The van der Waals surface area contributed by atoms with E-state index in [-0.39, 0.29) is 11.9 Å². The number of amides is 3. The van der Waals surface area contributed by atoms with Crippen LogP contribution in [0.1, 0.15) is 73.6 Å². The highest BCUT2D eigenvalue weighted by molar-refractivity contribution is 6.09. The van der Waals surface area contributed by atoms with Crippen LogP contribution in [0.4, 0.5) is 21.9 Å². The molecule has 4 aliphatic heterocycles. The van der Waals surface area contributed by atoms with E-state index in [1.54, 1.807) is 4.90 Å². The standard InChI is InChI=1S/C44H50N8O2/c1-30-5-10-40(43-42(30)34(27-45)28-46-43)50-23-13-33(14-24-50)32-6-8-35(9-7-32)49-21-11-31(12-22-49)29-48-19-15-36(16-20-48)51-25-17-37-38(51)3-2-4-39(37)52-26-18-41(53)47-44(52)54/h2-10,17,25,28,31,33,36,46H,11-16,18-24,26,29H2,1H3,(H,47,53,54). The van der Waals surface area contributed by atoms with Crippen LogP contribution in [0.2, 0.25) is 0 Å². The predicted octanol–water partition coefficient (Wildman–Crippen LogP) is 7.69. The van der Waals surface area contributed by atoms with Crippen LogP contribution in [0.3, 0.4) is 0 Å². The van der Waals surface area contributed by atoms with E-state index in [2.05, 4.69) is 97.3 Å². The summed E-state index contributed by atoms with van der Waals surface area (Å²) in [5.74, 6) is 1.11. The number of likely N-dealkylation sites (tertiary alicyclic amines) is 1. The molecule has 3 aromatic carbocycles. The average Bonchev–Trinajstić information content (AvgIpc) is 3.85. The van der Waals surface area contributed by atoms with Crippen molar-refractivity contribution in [3.63, 3.8) is 0 Å². The van der Waals surface area contributed by atoms with Gasteiger partial charge in [-0.05, 0) is 105 Å². The van der Waals surface area contributed by atoms with Gasteiger partial charge in [0.25, 0.3) is 0 Å². The first kappa shape index (κ1) is 34.5. The Kier molecular flexibility index (Phi) is 9.27. The highest BCUT2D eigenvalue weighted by Crippen LogP contribution is 2.37. The van der Waals surface area contributed by atoms with Crippen LogP contribution in [-0.2, 0) is 4.79 Å². The molecule has 0 bridgehead atoms. The number of hydrogen-bond acceptors (Lipinski definition) is 6. The second kappa shape index (κ2) is 14.5. The Morgan fingerprint density at radius 2 is 1.56 bits per heavy atom. The first-order chi connectivity index (χ1) is 26.4. The molecular formula is C44H50N8O2. The SMILES string of the molecule is Cc1ccc(N2CCC(c3ccc(N4CCC(CN5CCC(n6ccc7c(N8CCC(=O)NC8=O)cccc76)CC5)CC4)cc3)CC2)c2[nH]cc(C#N)c12. The van der Waals surface area contributed by atoms with Crippen LogP contribution in [0, 0.1) is 24.2 Å². The molecule has 0 saturated carbocycles. The van der Waals surface area contributed by atoms with Crippen LogP contribution in [0.15, 0.2) is 73.1 Å². The smallest absolute Gasteiger partial charge is 0.328 e. The van der Waals surface area contributed by atoms with Gasteiger partial charge in [0.05, 0.1) is 28.0 Å². The second-order valence-electron chi connectivity index (χ2n) is 16.0. The van der Waals surface area contributed by atoms with E-state index in [9.17, 15) is 14.9 Å². The number of urea groups is 1. The van der Waals surface area contributed by atoms with Crippen molar-refractivity contribution in [2.45, 2.75) is 63.8 Å². The predicted molar refractivity (Wildman–Crippen MR) is 215 cm³/mol. The number of piperidine rings is 3. The first-order valence-electron chi connectivity index (χ1n) is 20.0. The monoisotopic (exact) mass is 722 g/mol. The van der Waals surface area contributed by atoms with E-state index in [4.69, 9.17) is 0 Å². The average molecular weight is 723 g/mol. The van der Waals surface area contributed by atoms with Crippen LogP contribution in [-0.4, -0.2) is 78.7 Å². The third-order valence-electron chi connectivity index (χ3n) is 12.9. The van der Waals surface area contributed by atoms with Crippen molar-refractivity contribution in [1.82, 2.24) is 19.8 Å². The normalized spacial score (nSPS) is 19.9. The minimum Gasteiger partial charge on any atom is -0.372 e. The highest BCUT2D eigenvalue weighted by Gasteiger charge is 2.29. The molecule has 4 aliphatic rings. The highest BCUT2D eigenvalue weighted by atomic mass is 16.2. The van der Waals surface area contributed by atoms with Gasteiger partial charge >= 0.3 is 6.03 Å². The lowest BCUT2D eigenvalue weighted by atomic mass is 9.88. The summed E-state index contributed by atoms with van der Waals surface area (Å²) in [5.41, 5.74) is 9.03. The number of rotatable bonds is 7. The van der Waals surface area contributed by atoms with Gasteiger partial charge < -0.3 is 24.3 Å². The number of aromatic nitrogens is 2. The number of carbonyl (C=O) groups is 2. The summed E-state index contributed by atoms with van der Waals surface area (Å²) >= 11 is 0. The van der Waals surface area contributed by atoms with Gasteiger partial charge in [-0.2, -0.15) is 5.26 Å². The number of aryl methyl sites for hydroxylation is 1. The van der Waals surface area contributed by atoms with Crippen molar-refractivity contribution in [3.8, 4) is 6.07 Å². The van der Waals surface area contributed by atoms with Crippen molar-refractivity contribution in [1.29, 1.82) is 5.26 Å². The molecule has 0 atom stereocenters. The second-order valence-corrected chi connectivity index (χ2v) is 16.0. The third kappa shape index (κ3) is 6.49. The zero-order valence-electron chi connectivity index (χ0n) is 31.3. The van der Waals surface area contributed by atoms with Gasteiger partial charge in [-0.3, -0.25) is 15.0 Å². The van der Waals surface area contributed by atoms with E-state index >= 15 is 0 Å². The fraction of sp³-hybridized carbons (Fsp3) is 0.432. The fourth-order valence-electron chi connectivity index (χ4n) is 9.81. The molecule has 0 radical (unpaired) electrons. The molecule has 9 rings (SSSR count). The Morgan fingerprint density at radius 1 is 0.796 bits per heavy atom. The fourth-order valence-corrected chi connectivity index (χ4v) is 9.81. The Hall–Kier alpha value is -5.27. The van der Waals surface area contributed by atoms with Crippen LogP contribution in [0.5, 0.6) is 0 Å². The van der Waals surface area contributed by atoms with E-state index < -0.39 is 0 Å². The van der Waals surface area contributed by atoms with Crippen molar-refractivity contribution in [3.05, 3.63) is 89.7 Å². The number of nitriles is 1. The van der Waals surface area contributed by atoms with Gasteiger partial charge in [-0.15, -0.1) is 0 Å². The third-order valence-corrected chi connectivity index (χ3v) is 12.9. The van der Waals surface area contributed by atoms with Gasteiger partial charge in [-0.25, -0.2) is 4.79 Å². The maximum absolute atomic E-state index is 12.6. The molecule has 3 amide bonds. The summed E-state index contributed by atoms with van der Waals surface area (Å²) in [6.45, 7) is 10.2. The number of aromatic amines is 1. The molecule has 2 N–H and O–H groups in total. The summed E-state index contributed by atoms with van der Waals surface area (Å²) < 4.78 is 2.41. The van der Waals surface area contributed by atoms with Crippen molar-refractivity contribution >= 4 is 50.8 Å². The number of nitrogens with one attached hydrogen (secondary N) is 2. The molecular weight excluding hydrogens is 673 g/mol. The van der Waals surface area contributed by atoms with E-state index in [1.807, 2.05) is 18.3 Å². The van der Waals surface area contributed by atoms with Gasteiger partial charge in [0.2, 0.25) is 5.91 Å². The van der Waals surface area contributed by atoms with Crippen molar-refractivity contribution < 1.29 is 9.59 Å². The van der Waals surface area contributed by atoms with Crippen molar-refractivity contribution in [2.24, 2.45) is 5.92 Å². The van der Waals surface area contributed by atoms with E-state index in [0.717, 1.165) is 109 Å². The summed E-state index contributed by atoms with van der Waals surface area (Å²) in [7, 11) is 0. The first-order valence-corrected chi connectivity index (χ1v) is 20.0. The Morgan fingerprint density at radius 3 is 2.30 bits per heavy atom. The number of carbonyl (C=O) groups excluding carboxylic acids is 2. The van der Waals surface area contributed by atoms with Crippen LogP contribution in [0.25, 0.3) is 21.8 Å². The van der Waals surface area contributed by atoms with Gasteiger partial charge in [0.15, 0.2) is 0 Å². The lowest BCUT2D eigenvalue weighted by Gasteiger charge is -2.39. The van der Waals surface area contributed by atoms with E-state index in [1.165, 1.54) is 36.3 Å². The molecule has 4 fully saturated rings. The molecule has 10 heteroatoms. The number of benzene rings is 3. The van der Waals surface area contributed by atoms with Crippen LogP contribution < -0.4 is 20.0 Å². The van der Waals surface area contributed by atoms with Crippen LogP contribution >= 0.6 is 0 Å². The Labute approximate surface area is 317 Å². The zero-order valence-corrected chi connectivity index (χ0v) is 31.3. The summed E-state index contributed by atoms with van der Waals surface area (Å²) in [6, 6.07) is 24.6. The lowest BCUT2D eigenvalue weighted by molar-refractivity contribution is -0.120. The van der Waals surface area contributed by atoms with E-state index in [0.29, 0.717) is 24.9 Å². The number of nitrogens with zero attached hydrogens (tertiary/aromatic N) is 6. The molecule has 6 heterocycles. The molecule has 4 saturated heterocycles.